The molecule has 4 N–H and O–H groups in total. The van der Waals surface area contributed by atoms with Crippen molar-refractivity contribution in [1.29, 1.82) is 0 Å². The first-order valence-electron chi connectivity index (χ1n) is 8.12. The Morgan fingerprint density at radius 2 is 1.57 bits per heavy atom. The summed E-state index contributed by atoms with van der Waals surface area (Å²) < 4.78 is 0. The molecule has 0 radical (unpaired) electrons. The van der Waals surface area contributed by atoms with Gasteiger partial charge < -0.3 is 16.4 Å². The third-order valence-electron chi connectivity index (χ3n) is 2.76. The lowest BCUT2D eigenvalue weighted by Gasteiger charge is -2.23. The molecule has 2 atom stereocenters. The Kier molecular flexibility index (Phi) is 20.4. The molecule has 0 aromatic carbocycles. The highest BCUT2D eigenvalue weighted by Crippen LogP contribution is 2.04. The Balaban J connectivity index is -0.000000739. The smallest absolute Gasteiger partial charge is 0.237 e. The molecule has 5 heteroatoms. The van der Waals surface area contributed by atoms with E-state index >= 15 is 0 Å². The van der Waals surface area contributed by atoms with Gasteiger partial charge in [-0.15, -0.1) is 0 Å². The van der Waals surface area contributed by atoms with E-state index in [1.165, 1.54) is 6.92 Å². The number of nitrogens with one attached hydrogen (secondary N) is 2. The standard InChI is InChI=1S/C12H25N3O2.2C2H6/c1-8(2)11(14-4)12(17)15-10(9(3)16)6-5-7-13;2*1-2/h8,10-11,14H,5-7,13H2,1-4H3,(H,15,17);2*1-2H3. The number of hydrogen-bond donors (Lipinski definition) is 3. The number of Topliss-reactive ketones (excluding diaryl/α,β-unsaturated/α-hetero) is 1. The van der Waals surface area contributed by atoms with Crippen molar-refractivity contribution in [2.24, 2.45) is 11.7 Å². The normalized spacial score (nSPS) is 12.3. The van der Waals surface area contributed by atoms with Crippen molar-refractivity contribution in [3.8, 4) is 0 Å². The zero-order chi connectivity index (χ0) is 17.4. The number of carbonyl (C=O) groups is 2. The molecule has 0 aromatic heterocycles. The first-order chi connectivity index (χ1) is 9.93. The van der Waals surface area contributed by atoms with E-state index in [1.54, 1.807) is 7.05 Å². The van der Waals surface area contributed by atoms with Crippen LogP contribution in [0, 0.1) is 5.92 Å². The van der Waals surface area contributed by atoms with Gasteiger partial charge in [-0.05, 0) is 39.3 Å². The van der Waals surface area contributed by atoms with E-state index in [1.807, 2.05) is 41.5 Å². The van der Waals surface area contributed by atoms with Crippen LogP contribution in [0.3, 0.4) is 0 Å². The number of ketones is 1. The van der Waals surface area contributed by atoms with Crippen molar-refractivity contribution in [3.05, 3.63) is 0 Å². The fourth-order valence-electron chi connectivity index (χ4n) is 1.73. The van der Waals surface area contributed by atoms with Gasteiger partial charge in [0.05, 0.1) is 12.1 Å². The third kappa shape index (κ3) is 12.5. The molecule has 0 aromatic rings. The van der Waals surface area contributed by atoms with Crippen LogP contribution in [0.25, 0.3) is 0 Å². The molecule has 0 bridgehead atoms. The highest BCUT2D eigenvalue weighted by Gasteiger charge is 2.24. The maximum atomic E-state index is 11.9. The minimum absolute atomic E-state index is 0.0228. The van der Waals surface area contributed by atoms with Crippen molar-refractivity contribution < 1.29 is 9.59 Å². The van der Waals surface area contributed by atoms with Crippen molar-refractivity contribution in [2.75, 3.05) is 13.6 Å². The second kappa shape index (κ2) is 17.1. The fourth-order valence-corrected chi connectivity index (χ4v) is 1.73. The molecule has 0 rings (SSSR count). The predicted molar refractivity (Wildman–Crippen MR) is 91.3 cm³/mol. The maximum Gasteiger partial charge on any atom is 0.237 e. The average molecular weight is 303 g/mol. The SMILES string of the molecule is CC.CC.CNC(C(=O)NC(CCCN)C(C)=O)C(C)C. The molecule has 0 fully saturated rings. The zero-order valence-electron chi connectivity index (χ0n) is 15.2. The largest absolute Gasteiger partial charge is 0.345 e. The third-order valence-corrected chi connectivity index (χ3v) is 2.76. The van der Waals surface area contributed by atoms with Gasteiger partial charge in [0.1, 0.15) is 0 Å². The van der Waals surface area contributed by atoms with Crippen LogP contribution in [0.2, 0.25) is 0 Å². The first-order valence-corrected chi connectivity index (χ1v) is 8.12. The van der Waals surface area contributed by atoms with Crippen LogP contribution in [-0.4, -0.2) is 37.4 Å². The molecular weight excluding hydrogens is 266 g/mol. The molecule has 0 aliphatic rings. The van der Waals surface area contributed by atoms with Crippen LogP contribution in [0.15, 0.2) is 0 Å². The van der Waals surface area contributed by atoms with Gasteiger partial charge in [0.15, 0.2) is 5.78 Å². The number of hydrogen-bond acceptors (Lipinski definition) is 4. The van der Waals surface area contributed by atoms with Crippen LogP contribution >= 0.6 is 0 Å². The summed E-state index contributed by atoms with van der Waals surface area (Å²) in [6.45, 7) is 13.9. The van der Waals surface area contributed by atoms with Gasteiger partial charge >= 0.3 is 0 Å². The quantitative estimate of drug-likeness (QED) is 0.641. The molecule has 2 unspecified atom stereocenters. The van der Waals surface area contributed by atoms with Crippen molar-refractivity contribution in [3.63, 3.8) is 0 Å². The molecular formula is C16H37N3O2. The molecule has 0 spiro atoms. The summed E-state index contributed by atoms with van der Waals surface area (Å²) in [5.74, 6) is 0.0345. The van der Waals surface area contributed by atoms with E-state index in [0.29, 0.717) is 13.0 Å². The molecule has 0 aliphatic heterocycles. The number of likely N-dealkylation sites (N-methyl/N-ethyl adjacent to an activating group) is 1. The zero-order valence-corrected chi connectivity index (χ0v) is 15.2. The molecule has 128 valence electrons. The minimum Gasteiger partial charge on any atom is -0.345 e. The summed E-state index contributed by atoms with van der Waals surface area (Å²) in [4.78, 5) is 23.3. The molecule has 0 saturated heterocycles. The Bertz CT molecular complexity index is 256. The number of carbonyl (C=O) groups excluding carboxylic acids is 2. The summed E-state index contributed by atoms with van der Waals surface area (Å²) >= 11 is 0. The molecule has 0 heterocycles. The van der Waals surface area contributed by atoms with Crippen molar-refractivity contribution in [2.45, 2.75) is 73.4 Å². The summed E-state index contributed by atoms with van der Waals surface area (Å²) in [6.07, 6.45) is 1.34. The number of nitrogens with two attached hydrogens (primary N) is 1. The van der Waals surface area contributed by atoms with Gasteiger partial charge in [0, 0.05) is 0 Å². The fraction of sp³-hybridized carbons (Fsp3) is 0.875. The van der Waals surface area contributed by atoms with E-state index in [2.05, 4.69) is 10.6 Å². The summed E-state index contributed by atoms with van der Waals surface area (Å²) in [6, 6.07) is -0.685. The van der Waals surface area contributed by atoms with E-state index in [4.69, 9.17) is 5.73 Å². The van der Waals surface area contributed by atoms with Crippen LogP contribution in [0.4, 0.5) is 0 Å². The van der Waals surface area contributed by atoms with Gasteiger partial charge in [-0.3, -0.25) is 9.59 Å². The van der Waals surface area contributed by atoms with Gasteiger partial charge in [0.25, 0.3) is 0 Å². The first kappa shape index (κ1) is 25.0. The molecule has 21 heavy (non-hydrogen) atoms. The van der Waals surface area contributed by atoms with E-state index in [0.717, 1.165) is 6.42 Å². The van der Waals surface area contributed by atoms with Crippen molar-refractivity contribution >= 4 is 11.7 Å². The minimum atomic E-state index is -0.416. The van der Waals surface area contributed by atoms with E-state index in [9.17, 15) is 9.59 Å². The summed E-state index contributed by atoms with van der Waals surface area (Å²) in [5.41, 5.74) is 5.41. The van der Waals surface area contributed by atoms with E-state index < -0.39 is 6.04 Å². The van der Waals surface area contributed by atoms with Crippen LogP contribution in [0.1, 0.15) is 61.3 Å². The summed E-state index contributed by atoms with van der Waals surface area (Å²) in [7, 11) is 1.74. The Morgan fingerprint density at radius 1 is 1.10 bits per heavy atom. The highest BCUT2D eigenvalue weighted by atomic mass is 16.2. The topological polar surface area (TPSA) is 84.2 Å². The highest BCUT2D eigenvalue weighted by molar-refractivity contribution is 5.89. The van der Waals surface area contributed by atoms with Gasteiger partial charge in [-0.1, -0.05) is 41.5 Å². The molecule has 5 nitrogen and oxygen atoms in total. The molecule has 1 amide bonds. The maximum absolute atomic E-state index is 11.9. The lowest BCUT2D eigenvalue weighted by atomic mass is 10.0. The van der Waals surface area contributed by atoms with Crippen LogP contribution in [-0.2, 0) is 9.59 Å². The van der Waals surface area contributed by atoms with Crippen molar-refractivity contribution in [1.82, 2.24) is 10.6 Å². The van der Waals surface area contributed by atoms with Gasteiger partial charge in [-0.25, -0.2) is 0 Å². The monoisotopic (exact) mass is 303 g/mol. The molecule has 0 saturated carbocycles. The Morgan fingerprint density at radius 3 is 1.86 bits per heavy atom. The lowest BCUT2D eigenvalue weighted by Crippen LogP contribution is -2.51. The van der Waals surface area contributed by atoms with E-state index in [-0.39, 0.29) is 23.7 Å². The lowest BCUT2D eigenvalue weighted by molar-refractivity contribution is -0.129. The molecule has 0 aliphatic carbocycles. The predicted octanol–water partition coefficient (Wildman–Crippen LogP) is 2.10. The second-order valence-electron chi connectivity index (χ2n) is 4.61. The van der Waals surface area contributed by atoms with Gasteiger partial charge in [0.2, 0.25) is 5.91 Å². The Labute approximate surface area is 131 Å². The average Bonchev–Trinajstić information content (AvgIpc) is 2.47. The van der Waals surface area contributed by atoms with Crippen LogP contribution in [0.5, 0.6) is 0 Å². The van der Waals surface area contributed by atoms with Crippen LogP contribution < -0.4 is 16.4 Å². The second-order valence-corrected chi connectivity index (χ2v) is 4.61. The Hall–Kier alpha value is -0.940. The number of rotatable bonds is 8. The summed E-state index contributed by atoms with van der Waals surface area (Å²) in [5, 5.41) is 5.73. The van der Waals surface area contributed by atoms with Gasteiger partial charge in [-0.2, -0.15) is 0 Å². The number of amides is 1.